The molecule has 3 fully saturated rings. The first-order valence-electron chi connectivity index (χ1n) is 43.6. The first-order chi connectivity index (χ1) is 59.4. The molecule has 0 aliphatic heterocycles. The smallest absolute Gasteiger partial charge is 0.120 e. The summed E-state index contributed by atoms with van der Waals surface area (Å²) in [5.74, 6) is 3.77. The van der Waals surface area contributed by atoms with Crippen LogP contribution in [0.2, 0.25) is 58.9 Å². The maximum Gasteiger partial charge on any atom is 0.120 e. The summed E-state index contributed by atoms with van der Waals surface area (Å²) in [6, 6.07) is 101. The van der Waals surface area contributed by atoms with E-state index in [9.17, 15) is 0 Å². The minimum absolute atomic E-state index is 0. The number of benzene rings is 9. The summed E-state index contributed by atoms with van der Waals surface area (Å²) >= 11 is 0. The number of hydrogen-bond acceptors (Lipinski definition) is 9. The van der Waals surface area contributed by atoms with Gasteiger partial charge in [-0.2, -0.15) is 0 Å². The Morgan fingerprint density at radius 2 is 0.675 bits per heavy atom. The van der Waals surface area contributed by atoms with Crippen LogP contribution in [0.5, 0.6) is 0 Å². The number of rotatable bonds is 15. The molecule has 0 atom stereocenters. The number of para-hydroxylation sites is 1. The average molecular weight is 2240 g/mol. The molecule has 126 heavy (non-hydrogen) atoms. The summed E-state index contributed by atoms with van der Waals surface area (Å²) in [4.78, 5) is 27.5. The molecular weight excluding hydrogens is 2130 g/mol. The van der Waals surface area contributed by atoms with E-state index >= 15 is 0 Å². The Morgan fingerprint density at radius 1 is 0.294 bits per heavy atom. The van der Waals surface area contributed by atoms with Gasteiger partial charge in [-0.3, -0.25) is 0 Å². The Balaban J connectivity index is 0.000000131. The van der Waals surface area contributed by atoms with Gasteiger partial charge in [0.05, 0.1) is 32.9 Å². The molecule has 0 spiro atoms. The number of nitrogens with zero attached hydrogens (tertiary/aromatic N) is 6. The van der Waals surface area contributed by atoms with Gasteiger partial charge >= 0.3 is 0 Å². The molecule has 0 bridgehead atoms. The Labute approximate surface area is 787 Å². The van der Waals surface area contributed by atoms with Gasteiger partial charge in [0.15, 0.2) is 0 Å². The van der Waals surface area contributed by atoms with Gasteiger partial charge in [-0.15, -0.1) is 161 Å². The van der Waals surface area contributed by atoms with Crippen LogP contribution >= 0.6 is 0 Å². The standard InChI is InChI=1S/3C23H22NOSi.3C14H14N.3Ir/c1-26(2,3)21-9-5-8-20-22(21)18-7-4-6-17(23(18)25-20)19-13-12-16(14-24-19)15-10-11-15;1-26(2,3)17-10-12-22-20(13-17)18-5-4-6-19(23(18)25-22)21-11-9-16(14-24-21)15-7-8-15;1-26(2,3)21-13-11-17(19-12-10-16(14-24-19)15-8-9-15)23-22(21)18-6-4-5-7-20(18)25-23;3*1-11(2)13-8-9-14(15-10-13)12-6-4-3-5-7-12;;;/h4-5,7-9,12-15H,10-11H2,1-3H3;4-5,9-15H,7-8H2,1-3H3;4-7,10,12-15H,8-9H2,1-3H3;3*3-6,8-11H,1-2H3;;;/q6*-1;;;. The van der Waals surface area contributed by atoms with E-state index in [0.717, 1.165) is 124 Å². The minimum Gasteiger partial charge on any atom is -0.501 e. The fourth-order valence-corrected chi connectivity index (χ4v) is 19.8. The van der Waals surface area contributed by atoms with Crippen LogP contribution < -0.4 is 15.6 Å². The maximum absolute atomic E-state index is 6.31. The van der Waals surface area contributed by atoms with Crippen LogP contribution in [-0.4, -0.2) is 54.1 Å². The van der Waals surface area contributed by atoms with E-state index in [1.807, 2.05) is 128 Å². The fourth-order valence-electron chi connectivity index (χ4n) is 15.6. The van der Waals surface area contributed by atoms with Crippen molar-refractivity contribution in [2.24, 2.45) is 0 Å². The number of pyridine rings is 6. The SMILES string of the molecule is CC(C)c1ccc(-c2[c-]cccc2)nc1.CC(C)c1ccc(-c2[c-]cccc2)nc1.CC(C)c1ccc(-c2[c-]cccc2)nc1.C[Si](C)(C)c1c[c-]c(-c2ccc(C3CC3)cn2)c2oc3ccccc3c12.C[Si](C)(C)c1ccc2oc3c(-c4ccc(C5CC5)cn4)[c-]ccc3c2c1.C[Si](C)(C)c1cccc2oc3c(-c4ccc(C5CC5)cn4)[c-]ccc3c12.[Ir].[Ir].[Ir]. The van der Waals surface area contributed by atoms with Gasteiger partial charge in [-0.05, 0) is 160 Å². The Hall–Kier alpha value is -10.1. The molecule has 0 amide bonds. The molecular formula is C111H108Ir3N6O3Si3-6. The molecule has 18 aromatic rings. The second kappa shape index (κ2) is 40.9. The summed E-state index contributed by atoms with van der Waals surface area (Å²) in [5.41, 5.74) is 25.3. The van der Waals surface area contributed by atoms with Crippen LogP contribution in [0.3, 0.4) is 0 Å². The largest absolute Gasteiger partial charge is 0.501 e. The van der Waals surface area contributed by atoms with Gasteiger partial charge < -0.3 is 43.2 Å². The van der Waals surface area contributed by atoms with E-state index in [-0.39, 0.29) is 60.3 Å². The second-order valence-electron chi connectivity index (χ2n) is 36.9. The summed E-state index contributed by atoms with van der Waals surface area (Å²) in [5, 5.41) is 11.6. The molecule has 3 aliphatic rings. The van der Waals surface area contributed by atoms with Gasteiger partial charge in [0.1, 0.15) is 16.7 Å². The van der Waals surface area contributed by atoms with Crippen LogP contribution in [-0.2, 0) is 60.3 Å². The van der Waals surface area contributed by atoms with E-state index in [4.69, 9.17) is 28.2 Å². The minimum atomic E-state index is -1.53. The number of aromatic nitrogens is 6. The molecule has 0 saturated heterocycles. The number of fused-ring (bicyclic) bond motifs is 9. The fraction of sp³-hybridized carbons (Fsp3) is 0.243. The van der Waals surface area contributed by atoms with E-state index in [2.05, 4.69) is 297 Å². The van der Waals surface area contributed by atoms with Crippen LogP contribution in [0, 0.1) is 36.4 Å². The monoisotopic (exact) mass is 2240 g/mol. The molecule has 3 saturated carbocycles. The first kappa shape index (κ1) is 93.5. The molecule has 3 radical (unpaired) electrons. The van der Waals surface area contributed by atoms with Crippen LogP contribution in [0.1, 0.15) is 149 Å². The van der Waals surface area contributed by atoms with Crippen molar-refractivity contribution in [2.45, 2.75) is 174 Å². The third-order valence-electron chi connectivity index (χ3n) is 23.4. The molecule has 0 N–H and O–H groups in total. The number of hydrogen-bond donors (Lipinski definition) is 0. The third-order valence-corrected chi connectivity index (χ3v) is 29.5. The van der Waals surface area contributed by atoms with Gasteiger partial charge in [0.25, 0.3) is 0 Å². The summed E-state index contributed by atoms with van der Waals surface area (Å²) in [6.45, 7) is 34.4. The summed E-state index contributed by atoms with van der Waals surface area (Å²) < 4.78 is 18.9. The van der Waals surface area contributed by atoms with Gasteiger partial charge in [-0.25, -0.2) is 0 Å². The van der Waals surface area contributed by atoms with Crippen LogP contribution in [0.25, 0.3) is 133 Å². The summed E-state index contributed by atoms with van der Waals surface area (Å²) in [6.07, 6.45) is 19.7. The molecule has 21 rings (SSSR count). The normalized spacial score (nSPS) is 13.1. The van der Waals surface area contributed by atoms with Gasteiger partial charge in [0.2, 0.25) is 0 Å². The second-order valence-corrected chi connectivity index (χ2v) is 52.0. The maximum atomic E-state index is 6.31. The van der Waals surface area contributed by atoms with E-state index in [0.29, 0.717) is 17.8 Å². The molecule has 0 unspecified atom stereocenters. The quantitative estimate of drug-likeness (QED) is 0.0730. The number of furan rings is 3. The van der Waals surface area contributed by atoms with Crippen molar-refractivity contribution in [1.82, 2.24) is 29.9 Å². The Bertz CT molecular complexity index is 6430. The molecule has 9 heterocycles. The Morgan fingerprint density at radius 3 is 1.06 bits per heavy atom. The molecule has 9 aromatic heterocycles. The zero-order valence-corrected chi connectivity index (χ0v) is 84.8. The molecule has 645 valence electrons. The zero-order chi connectivity index (χ0) is 85.7. The first-order valence-corrected chi connectivity index (χ1v) is 54.1. The van der Waals surface area contributed by atoms with Crippen molar-refractivity contribution in [3.05, 3.63) is 344 Å². The van der Waals surface area contributed by atoms with E-state index in [1.165, 1.54) is 114 Å². The molecule has 3 aliphatic carbocycles. The molecule has 15 heteroatoms. The van der Waals surface area contributed by atoms with E-state index in [1.54, 1.807) is 0 Å². The zero-order valence-electron chi connectivity index (χ0n) is 74.6. The van der Waals surface area contributed by atoms with Crippen molar-refractivity contribution >= 4 is 106 Å². The molecule has 9 aromatic carbocycles. The Kier molecular flexibility index (Phi) is 30.3. The van der Waals surface area contributed by atoms with Gasteiger partial charge in [-0.1, -0.05) is 259 Å². The van der Waals surface area contributed by atoms with Crippen molar-refractivity contribution < 1.29 is 73.6 Å². The van der Waals surface area contributed by atoms with Crippen molar-refractivity contribution in [3.63, 3.8) is 0 Å². The van der Waals surface area contributed by atoms with Crippen LogP contribution in [0.15, 0.2) is 287 Å². The topological polar surface area (TPSA) is 117 Å². The predicted octanol–water partition coefficient (Wildman–Crippen LogP) is 28.6. The summed E-state index contributed by atoms with van der Waals surface area (Å²) in [7, 11) is -4.37. The molecule has 9 nitrogen and oxygen atoms in total. The van der Waals surface area contributed by atoms with E-state index < -0.39 is 24.2 Å². The van der Waals surface area contributed by atoms with Crippen molar-refractivity contribution in [3.8, 4) is 67.5 Å². The third kappa shape index (κ3) is 22.2. The average Bonchev–Trinajstić information content (AvgIpc) is 1.60. The van der Waals surface area contributed by atoms with Crippen molar-refractivity contribution in [2.75, 3.05) is 0 Å². The predicted molar refractivity (Wildman–Crippen MR) is 520 cm³/mol. The van der Waals surface area contributed by atoms with Gasteiger partial charge in [0, 0.05) is 122 Å². The van der Waals surface area contributed by atoms with Crippen molar-refractivity contribution in [1.29, 1.82) is 0 Å². The van der Waals surface area contributed by atoms with Crippen LogP contribution in [0.4, 0.5) is 0 Å².